The summed E-state index contributed by atoms with van der Waals surface area (Å²) in [5, 5.41) is 13.8. The lowest BCUT2D eigenvalue weighted by Crippen LogP contribution is -2.36. The highest BCUT2D eigenvalue weighted by Gasteiger charge is 2.18. The standard InChI is InChI=1S/C14H20N2O2S/c1-10-12(7-16(4)9-14(2,3)17)15-13(18-10)11-5-6-19-8-11/h5-6,8,17H,7,9H2,1-4H3. The van der Waals surface area contributed by atoms with Crippen molar-refractivity contribution in [3.8, 4) is 11.5 Å². The Morgan fingerprint density at radius 1 is 1.47 bits per heavy atom. The molecule has 104 valence electrons. The van der Waals surface area contributed by atoms with Gasteiger partial charge in [0, 0.05) is 24.0 Å². The fourth-order valence-corrected chi connectivity index (χ4v) is 2.69. The normalized spacial score (nSPS) is 12.3. The molecule has 2 aromatic heterocycles. The highest BCUT2D eigenvalue weighted by atomic mass is 32.1. The van der Waals surface area contributed by atoms with Crippen LogP contribution in [-0.2, 0) is 6.54 Å². The minimum Gasteiger partial charge on any atom is -0.441 e. The Morgan fingerprint density at radius 3 is 2.79 bits per heavy atom. The first kappa shape index (κ1) is 14.2. The second-order valence-corrected chi connectivity index (χ2v) is 6.30. The molecule has 2 rings (SSSR count). The van der Waals surface area contributed by atoms with Crippen LogP contribution >= 0.6 is 11.3 Å². The summed E-state index contributed by atoms with van der Waals surface area (Å²) in [6.07, 6.45) is 0. The van der Waals surface area contributed by atoms with Gasteiger partial charge in [0.1, 0.15) is 5.76 Å². The number of likely N-dealkylation sites (N-methyl/N-ethyl adjacent to an activating group) is 1. The van der Waals surface area contributed by atoms with Gasteiger partial charge in [-0.25, -0.2) is 4.98 Å². The molecule has 5 heteroatoms. The molecule has 0 aliphatic carbocycles. The Kier molecular flexibility index (Phi) is 4.08. The van der Waals surface area contributed by atoms with Crippen molar-refractivity contribution in [3.05, 3.63) is 28.3 Å². The van der Waals surface area contributed by atoms with Crippen LogP contribution in [0.2, 0.25) is 0 Å². The third-order valence-electron chi connectivity index (χ3n) is 2.74. The average Bonchev–Trinajstić information content (AvgIpc) is 2.85. The minimum absolute atomic E-state index is 0.590. The molecule has 0 fully saturated rings. The summed E-state index contributed by atoms with van der Waals surface area (Å²) in [7, 11) is 1.97. The maximum atomic E-state index is 9.81. The lowest BCUT2D eigenvalue weighted by Gasteiger charge is -2.24. The number of hydrogen-bond acceptors (Lipinski definition) is 5. The second kappa shape index (κ2) is 5.45. The zero-order chi connectivity index (χ0) is 14.0. The van der Waals surface area contributed by atoms with E-state index in [4.69, 9.17) is 4.42 Å². The molecule has 0 saturated heterocycles. The summed E-state index contributed by atoms with van der Waals surface area (Å²) in [6, 6.07) is 2.00. The maximum absolute atomic E-state index is 9.81. The molecular weight excluding hydrogens is 260 g/mol. The van der Waals surface area contributed by atoms with Crippen molar-refractivity contribution in [1.29, 1.82) is 0 Å². The number of rotatable bonds is 5. The summed E-state index contributed by atoms with van der Waals surface area (Å²) in [5.74, 6) is 1.51. The van der Waals surface area contributed by atoms with E-state index >= 15 is 0 Å². The molecule has 0 amide bonds. The van der Waals surface area contributed by atoms with Crippen molar-refractivity contribution in [1.82, 2.24) is 9.88 Å². The number of thiophene rings is 1. The molecule has 4 nitrogen and oxygen atoms in total. The number of hydrogen-bond donors (Lipinski definition) is 1. The van der Waals surface area contributed by atoms with Gasteiger partial charge in [-0.15, -0.1) is 0 Å². The van der Waals surface area contributed by atoms with E-state index in [1.807, 2.05) is 35.7 Å². The van der Waals surface area contributed by atoms with Gasteiger partial charge in [0.25, 0.3) is 0 Å². The van der Waals surface area contributed by atoms with Crippen LogP contribution in [0.25, 0.3) is 11.5 Å². The molecule has 2 heterocycles. The van der Waals surface area contributed by atoms with Crippen LogP contribution in [0.1, 0.15) is 25.3 Å². The predicted molar refractivity (Wildman–Crippen MR) is 77.2 cm³/mol. The highest BCUT2D eigenvalue weighted by Crippen LogP contribution is 2.24. The molecule has 0 aliphatic rings. The first-order valence-electron chi connectivity index (χ1n) is 6.25. The molecular formula is C14H20N2O2S. The van der Waals surface area contributed by atoms with Crippen LogP contribution in [0.3, 0.4) is 0 Å². The average molecular weight is 280 g/mol. The summed E-state index contributed by atoms with van der Waals surface area (Å²) < 4.78 is 5.70. The molecule has 0 aromatic carbocycles. The van der Waals surface area contributed by atoms with E-state index in [2.05, 4.69) is 4.98 Å². The summed E-state index contributed by atoms with van der Waals surface area (Å²) in [5.41, 5.74) is 1.24. The van der Waals surface area contributed by atoms with Gasteiger partial charge in [0.2, 0.25) is 5.89 Å². The van der Waals surface area contributed by atoms with Crippen LogP contribution in [0.15, 0.2) is 21.2 Å². The molecule has 0 aliphatic heterocycles. The predicted octanol–water partition coefficient (Wildman–Crippen LogP) is 2.91. The first-order valence-corrected chi connectivity index (χ1v) is 7.19. The van der Waals surface area contributed by atoms with E-state index in [9.17, 15) is 5.11 Å². The Morgan fingerprint density at radius 2 is 2.21 bits per heavy atom. The maximum Gasteiger partial charge on any atom is 0.227 e. The van der Waals surface area contributed by atoms with Crippen LogP contribution < -0.4 is 0 Å². The van der Waals surface area contributed by atoms with E-state index in [0.29, 0.717) is 19.0 Å². The zero-order valence-electron chi connectivity index (χ0n) is 11.8. The van der Waals surface area contributed by atoms with E-state index in [0.717, 1.165) is 17.0 Å². The fourth-order valence-electron chi connectivity index (χ4n) is 2.06. The highest BCUT2D eigenvalue weighted by molar-refractivity contribution is 7.08. The number of aryl methyl sites for hydroxylation is 1. The van der Waals surface area contributed by atoms with Gasteiger partial charge < -0.3 is 9.52 Å². The monoisotopic (exact) mass is 280 g/mol. The van der Waals surface area contributed by atoms with Crippen molar-refractivity contribution in [2.45, 2.75) is 32.9 Å². The number of aromatic nitrogens is 1. The molecule has 0 saturated carbocycles. The zero-order valence-corrected chi connectivity index (χ0v) is 12.6. The van der Waals surface area contributed by atoms with E-state index < -0.39 is 5.60 Å². The van der Waals surface area contributed by atoms with Crippen LogP contribution in [0, 0.1) is 6.92 Å². The van der Waals surface area contributed by atoms with Crippen molar-refractivity contribution >= 4 is 11.3 Å². The van der Waals surface area contributed by atoms with Gasteiger partial charge in [-0.05, 0) is 39.3 Å². The minimum atomic E-state index is -0.706. The van der Waals surface area contributed by atoms with E-state index in [1.54, 1.807) is 25.2 Å². The summed E-state index contributed by atoms with van der Waals surface area (Å²) in [4.78, 5) is 6.58. The second-order valence-electron chi connectivity index (χ2n) is 5.52. The van der Waals surface area contributed by atoms with Crippen LogP contribution in [0.4, 0.5) is 0 Å². The Bertz CT molecular complexity index is 526. The van der Waals surface area contributed by atoms with Gasteiger partial charge in [-0.1, -0.05) is 0 Å². The van der Waals surface area contributed by atoms with Crippen molar-refractivity contribution in [2.75, 3.05) is 13.6 Å². The molecule has 1 N–H and O–H groups in total. The number of oxazole rings is 1. The molecule has 0 radical (unpaired) electrons. The van der Waals surface area contributed by atoms with Crippen LogP contribution in [-0.4, -0.2) is 34.2 Å². The lowest BCUT2D eigenvalue weighted by molar-refractivity contribution is 0.0421. The topological polar surface area (TPSA) is 49.5 Å². The summed E-state index contributed by atoms with van der Waals surface area (Å²) in [6.45, 7) is 6.79. The van der Waals surface area contributed by atoms with Gasteiger partial charge in [-0.2, -0.15) is 11.3 Å². The van der Waals surface area contributed by atoms with E-state index in [-0.39, 0.29) is 0 Å². The number of nitrogens with zero attached hydrogens (tertiary/aromatic N) is 2. The van der Waals surface area contributed by atoms with Gasteiger partial charge in [-0.3, -0.25) is 4.90 Å². The molecule has 0 bridgehead atoms. The van der Waals surface area contributed by atoms with Gasteiger partial charge in [0.05, 0.1) is 11.3 Å². The largest absolute Gasteiger partial charge is 0.441 e. The number of aliphatic hydroxyl groups is 1. The van der Waals surface area contributed by atoms with Gasteiger partial charge >= 0.3 is 0 Å². The molecule has 0 spiro atoms. The third-order valence-corrected chi connectivity index (χ3v) is 3.42. The molecule has 2 aromatic rings. The first-order chi connectivity index (χ1) is 8.85. The van der Waals surface area contributed by atoms with Gasteiger partial charge in [0.15, 0.2) is 0 Å². The molecule has 0 atom stereocenters. The summed E-state index contributed by atoms with van der Waals surface area (Å²) >= 11 is 1.63. The molecule has 0 unspecified atom stereocenters. The Labute approximate surface area is 117 Å². The fraction of sp³-hybridized carbons (Fsp3) is 0.500. The van der Waals surface area contributed by atoms with Crippen molar-refractivity contribution in [3.63, 3.8) is 0 Å². The molecule has 19 heavy (non-hydrogen) atoms. The SMILES string of the molecule is Cc1oc(-c2ccsc2)nc1CN(C)CC(C)(C)O. The third kappa shape index (κ3) is 3.89. The lowest BCUT2D eigenvalue weighted by atomic mass is 10.1. The van der Waals surface area contributed by atoms with Crippen LogP contribution in [0.5, 0.6) is 0 Å². The quantitative estimate of drug-likeness (QED) is 0.915. The van der Waals surface area contributed by atoms with Crippen molar-refractivity contribution in [2.24, 2.45) is 0 Å². The smallest absolute Gasteiger partial charge is 0.227 e. The van der Waals surface area contributed by atoms with E-state index in [1.165, 1.54) is 0 Å². The Balaban J connectivity index is 2.09. The van der Waals surface area contributed by atoms with Crippen molar-refractivity contribution < 1.29 is 9.52 Å². The Hall–Kier alpha value is -1.17.